The maximum atomic E-state index is 12.7. The van der Waals surface area contributed by atoms with Crippen LogP contribution in [0.3, 0.4) is 0 Å². The molecule has 3 nitrogen and oxygen atoms in total. The van der Waals surface area contributed by atoms with Gasteiger partial charge >= 0.3 is 0 Å². The highest BCUT2D eigenvalue weighted by molar-refractivity contribution is 5.98. The molecule has 2 rings (SSSR count). The Morgan fingerprint density at radius 1 is 1.19 bits per heavy atom. The average Bonchev–Trinajstić information content (AvgIpc) is 2.47. The van der Waals surface area contributed by atoms with Gasteiger partial charge in [-0.15, -0.1) is 0 Å². The Balaban J connectivity index is 2.39. The van der Waals surface area contributed by atoms with E-state index in [1.807, 2.05) is 30.9 Å². The Labute approximate surface area is 127 Å². The lowest BCUT2D eigenvalue weighted by molar-refractivity contribution is 0.0761. The standard InChI is InChI=1S/C18H24N2O/c1-5-7-10-20(6-2)18(21)16-12-15-11-13(3)8-9-17(15)19-14(16)4/h8-9,11-12H,5-7,10H2,1-4H3. The highest BCUT2D eigenvalue weighted by Gasteiger charge is 2.17. The Hall–Kier alpha value is -1.90. The number of rotatable bonds is 5. The predicted octanol–water partition coefficient (Wildman–Crippen LogP) is 4.11. The van der Waals surface area contributed by atoms with Crippen LogP contribution in [-0.4, -0.2) is 28.9 Å². The van der Waals surface area contributed by atoms with E-state index >= 15 is 0 Å². The molecule has 2 aromatic rings. The third-order valence-electron chi connectivity index (χ3n) is 3.84. The van der Waals surface area contributed by atoms with Gasteiger partial charge in [0.15, 0.2) is 0 Å². The smallest absolute Gasteiger partial charge is 0.255 e. The number of hydrogen-bond donors (Lipinski definition) is 0. The van der Waals surface area contributed by atoms with Gasteiger partial charge in [0.2, 0.25) is 0 Å². The molecule has 0 aliphatic rings. The molecule has 0 bridgehead atoms. The van der Waals surface area contributed by atoms with E-state index in [-0.39, 0.29) is 5.91 Å². The minimum atomic E-state index is 0.0966. The summed E-state index contributed by atoms with van der Waals surface area (Å²) in [7, 11) is 0. The number of aromatic nitrogens is 1. The zero-order valence-electron chi connectivity index (χ0n) is 13.4. The second kappa shape index (κ2) is 6.70. The van der Waals surface area contributed by atoms with Gasteiger partial charge in [0, 0.05) is 18.5 Å². The van der Waals surface area contributed by atoms with E-state index in [1.54, 1.807) is 0 Å². The Bertz CT molecular complexity index is 649. The second-order valence-electron chi connectivity index (χ2n) is 5.56. The third kappa shape index (κ3) is 3.41. The van der Waals surface area contributed by atoms with Crippen LogP contribution in [0.5, 0.6) is 0 Å². The summed E-state index contributed by atoms with van der Waals surface area (Å²) in [5.74, 6) is 0.0966. The summed E-state index contributed by atoms with van der Waals surface area (Å²) in [5, 5.41) is 1.04. The van der Waals surface area contributed by atoms with Crippen LogP contribution < -0.4 is 0 Å². The molecule has 0 unspecified atom stereocenters. The number of hydrogen-bond acceptors (Lipinski definition) is 2. The number of carbonyl (C=O) groups is 1. The molecule has 1 aromatic carbocycles. The van der Waals surface area contributed by atoms with E-state index in [2.05, 4.69) is 31.0 Å². The summed E-state index contributed by atoms with van der Waals surface area (Å²) in [6.07, 6.45) is 2.14. The number of fused-ring (bicyclic) bond motifs is 1. The summed E-state index contributed by atoms with van der Waals surface area (Å²) < 4.78 is 0. The number of carbonyl (C=O) groups excluding carboxylic acids is 1. The van der Waals surface area contributed by atoms with Gasteiger partial charge in [-0.1, -0.05) is 25.0 Å². The summed E-state index contributed by atoms with van der Waals surface area (Å²) in [5.41, 5.74) is 3.67. The quantitative estimate of drug-likeness (QED) is 0.827. The van der Waals surface area contributed by atoms with Gasteiger partial charge < -0.3 is 4.90 Å². The van der Waals surface area contributed by atoms with Crippen LogP contribution in [0.25, 0.3) is 10.9 Å². The normalized spacial score (nSPS) is 10.9. The molecule has 0 fully saturated rings. The van der Waals surface area contributed by atoms with Crippen molar-refractivity contribution in [2.45, 2.75) is 40.5 Å². The van der Waals surface area contributed by atoms with Crippen LogP contribution in [0.1, 0.15) is 48.3 Å². The van der Waals surface area contributed by atoms with Crippen molar-refractivity contribution in [2.24, 2.45) is 0 Å². The van der Waals surface area contributed by atoms with E-state index in [0.717, 1.165) is 48.1 Å². The monoisotopic (exact) mass is 284 g/mol. The molecular weight excluding hydrogens is 260 g/mol. The van der Waals surface area contributed by atoms with Crippen molar-refractivity contribution in [2.75, 3.05) is 13.1 Å². The van der Waals surface area contributed by atoms with Crippen LogP contribution in [0.2, 0.25) is 0 Å². The topological polar surface area (TPSA) is 33.2 Å². The van der Waals surface area contributed by atoms with E-state index in [0.29, 0.717) is 0 Å². The van der Waals surface area contributed by atoms with Crippen molar-refractivity contribution in [3.63, 3.8) is 0 Å². The zero-order chi connectivity index (χ0) is 15.4. The van der Waals surface area contributed by atoms with E-state index in [1.165, 1.54) is 5.56 Å². The number of pyridine rings is 1. The minimum Gasteiger partial charge on any atom is -0.339 e. The molecule has 0 atom stereocenters. The fourth-order valence-electron chi connectivity index (χ4n) is 2.53. The van der Waals surface area contributed by atoms with Crippen LogP contribution >= 0.6 is 0 Å². The molecule has 0 saturated heterocycles. The van der Waals surface area contributed by atoms with Crippen molar-refractivity contribution in [1.29, 1.82) is 0 Å². The van der Waals surface area contributed by atoms with Gasteiger partial charge in [0.05, 0.1) is 16.8 Å². The fraction of sp³-hybridized carbons (Fsp3) is 0.444. The van der Waals surface area contributed by atoms with Crippen LogP contribution in [0.4, 0.5) is 0 Å². The number of unbranched alkanes of at least 4 members (excludes halogenated alkanes) is 1. The molecule has 0 aliphatic heterocycles. The van der Waals surface area contributed by atoms with Gasteiger partial charge in [0.1, 0.15) is 0 Å². The minimum absolute atomic E-state index is 0.0966. The Morgan fingerprint density at radius 2 is 1.95 bits per heavy atom. The number of aryl methyl sites for hydroxylation is 2. The van der Waals surface area contributed by atoms with E-state index < -0.39 is 0 Å². The van der Waals surface area contributed by atoms with E-state index in [4.69, 9.17) is 0 Å². The van der Waals surface area contributed by atoms with Gasteiger partial charge in [-0.2, -0.15) is 0 Å². The molecule has 1 heterocycles. The first-order valence-electron chi connectivity index (χ1n) is 7.74. The number of benzene rings is 1. The van der Waals surface area contributed by atoms with Crippen LogP contribution in [-0.2, 0) is 0 Å². The Morgan fingerprint density at radius 3 is 2.62 bits per heavy atom. The van der Waals surface area contributed by atoms with Crippen molar-refractivity contribution >= 4 is 16.8 Å². The third-order valence-corrected chi connectivity index (χ3v) is 3.84. The second-order valence-corrected chi connectivity index (χ2v) is 5.56. The SMILES string of the molecule is CCCCN(CC)C(=O)c1cc2cc(C)ccc2nc1C. The maximum absolute atomic E-state index is 12.7. The highest BCUT2D eigenvalue weighted by Crippen LogP contribution is 2.19. The lowest BCUT2D eigenvalue weighted by Gasteiger charge is -2.21. The number of nitrogens with zero attached hydrogens (tertiary/aromatic N) is 2. The van der Waals surface area contributed by atoms with Crippen molar-refractivity contribution in [3.8, 4) is 0 Å². The first-order valence-corrected chi connectivity index (χ1v) is 7.74. The lowest BCUT2D eigenvalue weighted by atomic mass is 10.1. The molecule has 1 aromatic heterocycles. The molecule has 1 amide bonds. The largest absolute Gasteiger partial charge is 0.339 e. The molecule has 3 heteroatoms. The van der Waals surface area contributed by atoms with Gasteiger partial charge in [-0.05, 0) is 45.4 Å². The first kappa shape index (κ1) is 15.5. The lowest BCUT2D eigenvalue weighted by Crippen LogP contribution is -2.32. The highest BCUT2D eigenvalue weighted by atomic mass is 16.2. The molecule has 0 aliphatic carbocycles. The maximum Gasteiger partial charge on any atom is 0.255 e. The van der Waals surface area contributed by atoms with Crippen LogP contribution in [0, 0.1) is 13.8 Å². The van der Waals surface area contributed by atoms with Gasteiger partial charge in [-0.3, -0.25) is 9.78 Å². The summed E-state index contributed by atoms with van der Waals surface area (Å²) in [6.45, 7) is 9.70. The molecule has 0 saturated carbocycles. The van der Waals surface area contributed by atoms with Crippen molar-refractivity contribution in [3.05, 3.63) is 41.1 Å². The Kier molecular flexibility index (Phi) is 4.94. The molecule has 112 valence electrons. The van der Waals surface area contributed by atoms with E-state index in [9.17, 15) is 4.79 Å². The van der Waals surface area contributed by atoms with Crippen molar-refractivity contribution < 1.29 is 4.79 Å². The van der Waals surface area contributed by atoms with Gasteiger partial charge in [-0.25, -0.2) is 0 Å². The summed E-state index contributed by atoms with van der Waals surface area (Å²) in [4.78, 5) is 19.2. The van der Waals surface area contributed by atoms with Crippen LogP contribution in [0.15, 0.2) is 24.3 Å². The summed E-state index contributed by atoms with van der Waals surface area (Å²) in [6, 6.07) is 8.14. The molecular formula is C18H24N2O. The average molecular weight is 284 g/mol. The zero-order valence-corrected chi connectivity index (χ0v) is 13.4. The molecule has 0 spiro atoms. The molecule has 21 heavy (non-hydrogen) atoms. The van der Waals surface area contributed by atoms with Gasteiger partial charge in [0.25, 0.3) is 5.91 Å². The molecule has 0 radical (unpaired) electrons. The molecule has 0 N–H and O–H groups in total. The van der Waals surface area contributed by atoms with Crippen molar-refractivity contribution in [1.82, 2.24) is 9.88 Å². The first-order chi connectivity index (χ1) is 10.1. The summed E-state index contributed by atoms with van der Waals surface area (Å²) >= 11 is 0. The predicted molar refractivity (Wildman–Crippen MR) is 87.7 cm³/mol. The number of amides is 1. The fourth-order valence-corrected chi connectivity index (χ4v) is 2.53.